The van der Waals surface area contributed by atoms with Gasteiger partial charge in [-0.15, -0.1) is 0 Å². The first kappa shape index (κ1) is 12.1. The monoisotopic (exact) mass is 214 g/mol. The first-order chi connectivity index (χ1) is 7.17. The van der Waals surface area contributed by atoms with Crippen LogP contribution in [0.1, 0.15) is 25.3 Å². The maximum Gasteiger partial charge on any atom is 0.126 e. The van der Waals surface area contributed by atoms with E-state index in [-0.39, 0.29) is 11.9 Å². The van der Waals surface area contributed by atoms with Gasteiger partial charge in [0.1, 0.15) is 11.6 Å². The van der Waals surface area contributed by atoms with E-state index in [1.54, 1.807) is 7.11 Å². The lowest BCUT2D eigenvalue weighted by atomic mass is 10.0. The topological polar surface area (TPSA) is 9.23 Å². The molecule has 0 aliphatic carbocycles. The second-order valence-corrected chi connectivity index (χ2v) is 3.59. The van der Waals surface area contributed by atoms with Crippen molar-refractivity contribution in [2.75, 3.05) is 7.11 Å². The van der Waals surface area contributed by atoms with E-state index >= 15 is 0 Å². The Kier molecular flexibility index (Phi) is 4.69. The number of ether oxygens (including phenoxy) is 1. The number of hydrogen-bond donors (Lipinski definition) is 0. The Bertz CT molecular complexity index is 312. The van der Waals surface area contributed by atoms with Crippen molar-refractivity contribution in [3.63, 3.8) is 0 Å². The van der Waals surface area contributed by atoms with Gasteiger partial charge in [0, 0.05) is 13.5 Å². The minimum atomic E-state index is -0.405. The molecule has 1 atom stereocenters. The van der Waals surface area contributed by atoms with Gasteiger partial charge in [0.25, 0.3) is 0 Å². The molecule has 0 saturated carbocycles. The third-order valence-corrected chi connectivity index (χ3v) is 2.40. The largest absolute Gasteiger partial charge is 0.381 e. The highest BCUT2D eigenvalue weighted by Gasteiger charge is 2.11. The van der Waals surface area contributed by atoms with Crippen LogP contribution < -0.4 is 0 Å². The molecule has 0 N–H and O–H groups in total. The van der Waals surface area contributed by atoms with Crippen molar-refractivity contribution in [1.29, 1.82) is 0 Å². The van der Waals surface area contributed by atoms with Crippen molar-refractivity contribution in [3.8, 4) is 0 Å². The van der Waals surface area contributed by atoms with Crippen LogP contribution in [0.4, 0.5) is 8.78 Å². The fraction of sp³-hybridized carbons (Fsp3) is 0.500. The number of benzene rings is 1. The molecule has 15 heavy (non-hydrogen) atoms. The summed E-state index contributed by atoms with van der Waals surface area (Å²) in [5.41, 5.74) is 0.385. The highest BCUT2D eigenvalue weighted by molar-refractivity contribution is 5.19. The molecule has 1 nitrogen and oxygen atoms in total. The van der Waals surface area contributed by atoms with Crippen molar-refractivity contribution in [3.05, 3.63) is 35.4 Å². The van der Waals surface area contributed by atoms with Gasteiger partial charge < -0.3 is 4.74 Å². The maximum atomic E-state index is 13.3. The summed E-state index contributed by atoms with van der Waals surface area (Å²) in [4.78, 5) is 0. The van der Waals surface area contributed by atoms with E-state index in [1.165, 1.54) is 6.07 Å². The molecular weight excluding hydrogens is 198 g/mol. The fourth-order valence-electron chi connectivity index (χ4n) is 1.57. The Morgan fingerprint density at radius 1 is 1.33 bits per heavy atom. The molecule has 0 saturated heterocycles. The van der Waals surface area contributed by atoms with Gasteiger partial charge >= 0.3 is 0 Å². The lowest BCUT2D eigenvalue weighted by molar-refractivity contribution is 0.0941. The maximum absolute atomic E-state index is 13.3. The normalized spacial score (nSPS) is 12.8. The molecule has 1 rings (SSSR count). The van der Waals surface area contributed by atoms with Crippen molar-refractivity contribution < 1.29 is 13.5 Å². The van der Waals surface area contributed by atoms with Crippen LogP contribution in [0.2, 0.25) is 0 Å². The lowest BCUT2D eigenvalue weighted by Gasteiger charge is -2.14. The first-order valence-electron chi connectivity index (χ1n) is 5.14. The quantitative estimate of drug-likeness (QED) is 0.730. The van der Waals surface area contributed by atoms with Crippen LogP contribution >= 0.6 is 0 Å². The number of rotatable bonds is 5. The van der Waals surface area contributed by atoms with Gasteiger partial charge in [0.15, 0.2) is 0 Å². The molecule has 0 fully saturated rings. The third kappa shape index (κ3) is 3.59. The van der Waals surface area contributed by atoms with Gasteiger partial charge in [-0.1, -0.05) is 13.3 Å². The first-order valence-corrected chi connectivity index (χ1v) is 5.14. The van der Waals surface area contributed by atoms with Crippen LogP contribution in [-0.2, 0) is 11.2 Å². The van der Waals surface area contributed by atoms with E-state index in [2.05, 4.69) is 0 Å². The Morgan fingerprint density at radius 2 is 2.07 bits per heavy atom. The van der Waals surface area contributed by atoms with E-state index in [4.69, 9.17) is 4.74 Å². The molecule has 1 unspecified atom stereocenters. The zero-order valence-corrected chi connectivity index (χ0v) is 9.09. The predicted octanol–water partition coefficient (Wildman–Crippen LogP) is 3.32. The van der Waals surface area contributed by atoms with Crippen LogP contribution in [0.25, 0.3) is 0 Å². The molecule has 1 aromatic rings. The summed E-state index contributed by atoms with van der Waals surface area (Å²) in [5, 5.41) is 0. The summed E-state index contributed by atoms with van der Waals surface area (Å²) in [6.45, 7) is 2.04. The van der Waals surface area contributed by atoms with Crippen molar-refractivity contribution >= 4 is 0 Å². The zero-order chi connectivity index (χ0) is 11.3. The van der Waals surface area contributed by atoms with Crippen LogP contribution in [0.3, 0.4) is 0 Å². The Balaban J connectivity index is 2.73. The summed E-state index contributed by atoms with van der Waals surface area (Å²) in [6, 6.07) is 3.51. The Labute approximate surface area is 89.1 Å². The third-order valence-electron chi connectivity index (χ3n) is 2.40. The van der Waals surface area contributed by atoms with Crippen LogP contribution in [0.15, 0.2) is 18.2 Å². The van der Waals surface area contributed by atoms with Gasteiger partial charge in [-0.3, -0.25) is 0 Å². The van der Waals surface area contributed by atoms with Gasteiger partial charge in [-0.05, 0) is 30.2 Å². The second-order valence-electron chi connectivity index (χ2n) is 3.59. The fourth-order valence-corrected chi connectivity index (χ4v) is 1.57. The molecule has 0 radical (unpaired) electrons. The second kappa shape index (κ2) is 5.81. The van der Waals surface area contributed by atoms with Crippen molar-refractivity contribution in [2.24, 2.45) is 0 Å². The molecule has 3 heteroatoms. The highest BCUT2D eigenvalue weighted by atomic mass is 19.1. The van der Waals surface area contributed by atoms with E-state index < -0.39 is 5.82 Å². The molecule has 0 heterocycles. The van der Waals surface area contributed by atoms with Crippen LogP contribution in [0.5, 0.6) is 0 Å². The van der Waals surface area contributed by atoms with Gasteiger partial charge in [-0.2, -0.15) is 0 Å². The van der Waals surface area contributed by atoms with Crippen LogP contribution in [0, 0.1) is 11.6 Å². The van der Waals surface area contributed by atoms with Gasteiger partial charge in [0.05, 0.1) is 6.10 Å². The highest BCUT2D eigenvalue weighted by Crippen LogP contribution is 2.15. The molecule has 0 aromatic heterocycles. The van der Waals surface area contributed by atoms with E-state index in [9.17, 15) is 8.78 Å². The number of halogens is 2. The molecule has 0 aliphatic heterocycles. The standard InChI is InChI=1S/C12H16F2O/c1-3-4-11(15-2)8-9-7-10(13)5-6-12(9)14/h5-7,11H,3-4,8H2,1-2H3. The summed E-state index contributed by atoms with van der Waals surface area (Å²) in [5.74, 6) is -0.771. The summed E-state index contributed by atoms with van der Waals surface area (Å²) < 4.78 is 31.4. The predicted molar refractivity (Wildman–Crippen MR) is 55.8 cm³/mol. The summed E-state index contributed by atoms with van der Waals surface area (Å²) in [7, 11) is 1.59. The van der Waals surface area contributed by atoms with E-state index in [0.717, 1.165) is 25.0 Å². The van der Waals surface area contributed by atoms with Gasteiger partial charge in [0.2, 0.25) is 0 Å². The number of methoxy groups -OCH3 is 1. The molecule has 1 aromatic carbocycles. The minimum absolute atomic E-state index is 0.0358. The Morgan fingerprint density at radius 3 is 2.67 bits per heavy atom. The lowest BCUT2D eigenvalue weighted by Crippen LogP contribution is -2.14. The smallest absolute Gasteiger partial charge is 0.126 e. The van der Waals surface area contributed by atoms with Crippen molar-refractivity contribution in [1.82, 2.24) is 0 Å². The Hall–Kier alpha value is -0.960. The zero-order valence-electron chi connectivity index (χ0n) is 9.09. The summed E-state index contributed by atoms with van der Waals surface area (Å²) in [6.07, 6.45) is 2.21. The molecule has 0 amide bonds. The molecule has 84 valence electrons. The molecule has 0 bridgehead atoms. The molecule has 0 spiro atoms. The molecular formula is C12H16F2O. The van der Waals surface area contributed by atoms with Crippen LogP contribution in [-0.4, -0.2) is 13.2 Å². The average molecular weight is 214 g/mol. The number of hydrogen-bond acceptors (Lipinski definition) is 1. The minimum Gasteiger partial charge on any atom is -0.381 e. The van der Waals surface area contributed by atoms with E-state index in [0.29, 0.717) is 12.0 Å². The van der Waals surface area contributed by atoms with E-state index in [1.807, 2.05) is 6.92 Å². The van der Waals surface area contributed by atoms with Crippen molar-refractivity contribution in [2.45, 2.75) is 32.3 Å². The van der Waals surface area contributed by atoms with Gasteiger partial charge in [-0.25, -0.2) is 8.78 Å². The SMILES string of the molecule is CCCC(Cc1cc(F)ccc1F)OC. The summed E-state index contributed by atoms with van der Waals surface area (Å²) >= 11 is 0. The molecule has 0 aliphatic rings. The average Bonchev–Trinajstić information content (AvgIpc) is 2.22.